The third-order valence-corrected chi connectivity index (χ3v) is 4.86. The topological polar surface area (TPSA) is 44.2 Å². The molecule has 21 heavy (non-hydrogen) atoms. The Labute approximate surface area is 140 Å². The standard InChI is InChI=1S/C15H16Br2N2O2/c1-3-20-15(21-4-2)14(17)13(16)12-9-18-10-7-5-6-8-11(10)19-12/h5-9,15H,3-4H2,1-2H3/b14-13+. The minimum absolute atomic E-state index is 0.456. The van der Waals surface area contributed by atoms with Crippen molar-refractivity contribution in [1.82, 2.24) is 9.97 Å². The third-order valence-electron chi connectivity index (χ3n) is 2.73. The fourth-order valence-corrected chi connectivity index (χ4v) is 2.63. The van der Waals surface area contributed by atoms with Crippen molar-refractivity contribution in [1.29, 1.82) is 0 Å². The van der Waals surface area contributed by atoms with Crippen molar-refractivity contribution in [3.63, 3.8) is 0 Å². The van der Waals surface area contributed by atoms with E-state index >= 15 is 0 Å². The maximum atomic E-state index is 5.57. The Morgan fingerprint density at radius 2 is 1.71 bits per heavy atom. The van der Waals surface area contributed by atoms with Gasteiger partial charge in [0.05, 0.1) is 31.9 Å². The van der Waals surface area contributed by atoms with E-state index in [0.717, 1.165) is 25.7 Å². The van der Waals surface area contributed by atoms with Crippen LogP contribution in [-0.4, -0.2) is 29.5 Å². The molecule has 0 aliphatic rings. The number of fused-ring (bicyclic) bond motifs is 1. The van der Waals surface area contributed by atoms with Crippen molar-refractivity contribution >= 4 is 47.4 Å². The van der Waals surface area contributed by atoms with Crippen molar-refractivity contribution in [2.24, 2.45) is 0 Å². The number of ether oxygens (including phenoxy) is 2. The summed E-state index contributed by atoms with van der Waals surface area (Å²) in [6.07, 6.45) is 1.27. The van der Waals surface area contributed by atoms with Crippen LogP contribution in [0.15, 0.2) is 34.9 Å². The van der Waals surface area contributed by atoms with Crippen molar-refractivity contribution in [2.75, 3.05) is 13.2 Å². The van der Waals surface area contributed by atoms with Gasteiger partial charge in [-0.2, -0.15) is 0 Å². The first kappa shape index (κ1) is 16.5. The smallest absolute Gasteiger partial charge is 0.191 e. The molecule has 0 radical (unpaired) electrons. The van der Waals surface area contributed by atoms with E-state index in [4.69, 9.17) is 9.47 Å². The minimum Gasteiger partial charge on any atom is -0.348 e. The fourth-order valence-electron chi connectivity index (χ4n) is 1.79. The highest BCUT2D eigenvalue weighted by Gasteiger charge is 2.18. The van der Waals surface area contributed by atoms with Crippen LogP contribution < -0.4 is 0 Å². The second kappa shape index (κ2) is 7.98. The maximum absolute atomic E-state index is 5.57. The van der Waals surface area contributed by atoms with Crippen molar-refractivity contribution in [3.05, 3.63) is 40.6 Å². The number of aromatic nitrogens is 2. The molecule has 2 aromatic rings. The van der Waals surface area contributed by atoms with Gasteiger partial charge in [0.1, 0.15) is 0 Å². The molecule has 2 rings (SSSR count). The number of hydrogen-bond donors (Lipinski definition) is 0. The van der Waals surface area contributed by atoms with Crippen molar-refractivity contribution in [2.45, 2.75) is 20.1 Å². The Bertz CT molecular complexity index is 640. The lowest BCUT2D eigenvalue weighted by atomic mass is 10.3. The molecule has 1 aromatic carbocycles. The summed E-state index contributed by atoms with van der Waals surface area (Å²) in [5.74, 6) is 0. The summed E-state index contributed by atoms with van der Waals surface area (Å²) < 4.78 is 12.7. The molecule has 112 valence electrons. The van der Waals surface area contributed by atoms with Gasteiger partial charge in [-0.25, -0.2) is 4.98 Å². The molecule has 4 nitrogen and oxygen atoms in total. The van der Waals surface area contributed by atoms with Crippen LogP contribution in [0.2, 0.25) is 0 Å². The molecular formula is C15H16Br2N2O2. The van der Waals surface area contributed by atoms with Crippen LogP contribution in [0, 0.1) is 0 Å². The number of rotatable bonds is 6. The van der Waals surface area contributed by atoms with E-state index in [1.807, 2.05) is 38.1 Å². The second-order valence-corrected chi connectivity index (χ2v) is 5.80. The van der Waals surface area contributed by atoms with Gasteiger partial charge in [-0.3, -0.25) is 4.98 Å². The number of benzene rings is 1. The van der Waals surface area contributed by atoms with E-state index in [1.165, 1.54) is 0 Å². The van der Waals surface area contributed by atoms with Crippen LogP contribution >= 0.6 is 31.9 Å². The Balaban J connectivity index is 2.37. The number of nitrogens with zero attached hydrogens (tertiary/aromatic N) is 2. The van der Waals surface area contributed by atoms with E-state index in [-0.39, 0.29) is 0 Å². The van der Waals surface area contributed by atoms with E-state index in [0.29, 0.717) is 13.2 Å². The molecule has 0 amide bonds. The molecule has 0 saturated carbocycles. The lowest BCUT2D eigenvalue weighted by Crippen LogP contribution is -2.18. The van der Waals surface area contributed by atoms with Crippen LogP contribution in [0.3, 0.4) is 0 Å². The van der Waals surface area contributed by atoms with E-state index in [2.05, 4.69) is 41.8 Å². The highest BCUT2D eigenvalue weighted by molar-refractivity contribution is 9.16. The molecular weight excluding hydrogens is 400 g/mol. The van der Waals surface area contributed by atoms with Crippen LogP contribution in [0.25, 0.3) is 15.5 Å². The zero-order chi connectivity index (χ0) is 15.2. The van der Waals surface area contributed by atoms with E-state index in [9.17, 15) is 0 Å². The van der Waals surface area contributed by atoms with Crippen molar-refractivity contribution in [3.8, 4) is 0 Å². The highest BCUT2D eigenvalue weighted by Crippen LogP contribution is 2.31. The number of para-hydroxylation sites is 2. The predicted molar refractivity (Wildman–Crippen MR) is 91.4 cm³/mol. The average molecular weight is 416 g/mol. The molecule has 0 fully saturated rings. The van der Waals surface area contributed by atoms with Gasteiger partial charge in [-0.05, 0) is 57.8 Å². The molecule has 0 aliphatic heterocycles. The quantitative estimate of drug-likeness (QED) is 0.652. The first-order chi connectivity index (χ1) is 10.2. The highest BCUT2D eigenvalue weighted by atomic mass is 79.9. The first-order valence-corrected chi connectivity index (χ1v) is 8.26. The molecule has 0 unspecified atom stereocenters. The molecule has 0 saturated heterocycles. The van der Waals surface area contributed by atoms with Gasteiger partial charge in [-0.15, -0.1) is 0 Å². The molecule has 6 heteroatoms. The Hall–Kier alpha value is -0.820. The molecule has 0 bridgehead atoms. The number of halogens is 2. The molecule has 0 N–H and O–H groups in total. The van der Waals surface area contributed by atoms with Crippen LogP contribution in [-0.2, 0) is 9.47 Å². The van der Waals surface area contributed by atoms with Gasteiger partial charge in [-0.1, -0.05) is 12.1 Å². The van der Waals surface area contributed by atoms with Gasteiger partial charge < -0.3 is 9.47 Å². The second-order valence-electron chi connectivity index (χ2n) is 4.15. The predicted octanol–water partition coefficient (Wildman–Crippen LogP) is 4.49. The average Bonchev–Trinajstić information content (AvgIpc) is 2.53. The van der Waals surface area contributed by atoms with Gasteiger partial charge in [0.2, 0.25) is 0 Å². The first-order valence-electron chi connectivity index (χ1n) is 6.67. The lowest BCUT2D eigenvalue weighted by Gasteiger charge is -2.17. The molecule has 0 aliphatic carbocycles. The molecule has 1 aromatic heterocycles. The summed E-state index contributed by atoms with van der Waals surface area (Å²) in [5.41, 5.74) is 2.44. The van der Waals surface area contributed by atoms with Gasteiger partial charge in [0.15, 0.2) is 6.29 Å². The molecule has 0 atom stereocenters. The SMILES string of the molecule is CCOC(OCC)/C(Br)=C(\Br)c1cnc2ccccc2n1. The summed E-state index contributed by atoms with van der Waals surface area (Å²) in [5, 5.41) is 0. The number of hydrogen-bond acceptors (Lipinski definition) is 4. The normalized spacial score (nSPS) is 12.8. The Kier molecular flexibility index (Phi) is 6.29. The zero-order valence-corrected chi connectivity index (χ0v) is 15.0. The Morgan fingerprint density at radius 3 is 2.33 bits per heavy atom. The van der Waals surface area contributed by atoms with Crippen LogP contribution in [0.1, 0.15) is 19.5 Å². The summed E-state index contributed by atoms with van der Waals surface area (Å²) >= 11 is 7.08. The van der Waals surface area contributed by atoms with Crippen molar-refractivity contribution < 1.29 is 9.47 Å². The lowest BCUT2D eigenvalue weighted by molar-refractivity contribution is -0.105. The van der Waals surface area contributed by atoms with E-state index < -0.39 is 6.29 Å². The largest absolute Gasteiger partial charge is 0.348 e. The summed E-state index contributed by atoms with van der Waals surface area (Å²) in [6.45, 7) is 4.97. The fraction of sp³-hybridized carbons (Fsp3) is 0.333. The van der Waals surface area contributed by atoms with Crippen LogP contribution in [0.5, 0.6) is 0 Å². The Morgan fingerprint density at radius 1 is 1.10 bits per heavy atom. The third kappa shape index (κ3) is 4.10. The zero-order valence-electron chi connectivity index (χ0n) is 11.8. The van der Waals surface area contributed by atoms with Gasteiger partial charge in [0, 0.05) is 13.2 Å². The summed E-state index contributed by atoms with van der Waals surface area (Å²) in [7, 11) is 0. The van der Waals surface area contributed by atoms with Gasteiger partial charge in [0.25, 0.3) is 0 Å². The summed E-state index contributed by atoms with van der Waals surface area (Å²) in [6, 6.07) is 7.75. The maximum Gasteiger partial charge on any atom is 0.191 e. The molecule has 0 spiro atoms. The monoisotopic (exact) mass is 414 g/mol. The minimum atomic E-state index is -0.456. The molecule has 1 heterocycles. The van der Waals surface area contributed by atoms with Gasteiger partial charge >= 0.3 is 0 Å². The van der Waals surface area contributed by atoms with Crippen LogP contribution in [0.4, 0.5) is 0 Å². The summed E-state index contributed by atoms with van der Waals surface area (Å²) in [4.78, 5) is 9.00. The van der Waals surface area contributed by atoms with E-state index in [1.54, 1.807) is 6.20 Å².